The van der Waals surface area contributed by atoms with E-state index < -0.39 is 0 Å². The zero-order valence-electron chi connectivity index (χ0n) is 9.33. The molecule has 4 aromatic rings. The van der Waals surface area contributed by atoms with E-state index in [2.05, 4.69) is 0 Å². The molecule has 0 saturated heterocycles. The van der Waals surface area contributed by atoms with Crippen molar-refractivity contribution in [2.45, 2.75) is 0 Å². The molecule has 0 amide bonds. The minimum absolute atomic E-state index is 0.149. The Kier molecular flexibility index (Phi) is 1.56. The van der Waals surface area contributed by atoms with E-state index in [1.807, 2.05) is 12.1 Å². The third-order valence-electron chi connectivity index (χ3n) is 3.31. The predicted octanol–water partition coefficient (Wildman–Crippen LogP) is 1.50. The molecule has 0 N–H and O–H groups in total. The van der Waals surface area contributed by atoms with Crippen LogP contribution in [0.4, 0.5) is 0 Å². The summed E-state index contributed by atoms with van der Waals surface area (Å²) in [5.74, 6) is 0. The highest BCUT2D eigenvalue weighted by Gasteiger charge is 2.15. The second kappa shape index (κ2) is 2.98. The predicted molar refractivity (Wildman–Crippen MR) is 69.6 cm³/mol. The van der Waals surface area contributed by atoms with Crippen LogP contribution in [-0.2, 0) is 0 Å². The van der Waals surface area contributed by atoms with Crippen LogP contribution in [0.2, 0.25) is 0 Å². The largest absolute Gasteiger partial charge is 0.279 e. The summed E-state index contributed by atoms with van der Waals surface area (Å²) >= 11 is 0. The maximum absolute atomic E-state index is 12.3. The Bertz CT molecular complexity index is 927. The van der Waals surface area contributed by atoms with Gasteiger partial charge in [-0.1, -0.05) is 24.3 Å². The van der Waals surface area contributed by atoms with Gasteiger partial charge in [-0.2, -0.15) is 0 Å². The molecule has 4 heteroatoms. The number of hydrogen-bond acceptors (Lipinski definition) is 2. The fraction of sp³-hybridized carbons (Fsp3) is 0. The van der Waals surface area contributed by atoms with Crippen molar-refractivity contribution < 1.29 is 0 Å². The number of rotatable bonds is 0. The van der Waals surface area contributed by atoms with Gasteiger partial charge in [0.2, 0.25) is 0 Å². The molecule has 0 atom stereocenters. The van der Waals surface area contributed by atoms with Gasteiger partial charge in [0.15, 0.2) is 0 Å². The minimum atomic E-state index is -0.149. The van der Waals surface area contributed by atoms with Gasteiger partial charge in [0.25, 0.3) is 11.1 Å². The lowest BCUT2D eigenvalue weighted by atomic mass is 10.2. The molecule has 2 aromatic heterocycles. The van der Waals surface area contributed by atoms with Gasteiger partial charge < -0.3 is 0 Å². The Balaban J connectivity index is 2.54. The third-order valence-corrected chi connectivity index (χ3v) is 3.31. The van der Waals surface area contributed by atoms with E-state index in [1.165, 1.54) is 9.03 Å². The summed E-state index contributed by atoms with van der Waals surface area (Å²) in [6.45, 7) is 0. The summed E-state index contributed by atoms with van der Waals surface area (Å²) in [5, 5.41) is 1.14. The molecule has 18 heavy (non-hydrogen) atoms. The zero-order chi connectivity index (χ0) is 12.3. The van der Waals surface area contributed by atoms with Crippen molar-refractivity contribution in [3.05, 3.63) is 69.2 Å². The first kappa shape index (κ1) is 9.41. The highest BCUT2D eigenvalue weighted by atomic mass is 16.2. The summed E-state index contributed by atoms with van der Waals surface area (Å²) in [5.41, 5.74) is 1.01. The Labute approximate surface area is 101 Å². The number of fused-ring (bicyclic) bond motifs is 5. The summed E-state index contributed by atoms with van der Waals surface area (Å²) in [6.07, 6.45) is 0. The molecule has 0 unspecified atom stereocenters. The van der Waals surface area contributed by atoms with Crippen molar-refractivity contribution in [2.75, 3.05) is 0 Å². The second-order valence-electron chi connectivity index (χ2n) is 4.27. The molecule has 0 bridgehead atoms. The Morgan fingerprint density at radius 3 is 1.44 bits per heavy atom. The molecule has 0 radical (unpaired) electrons. The van der Waals surface area contributed by atoms with E-state index in [1.54, 1.807) is 36.4 Å². The molecular formula is C14H8N2O2. The molecule has 2 aromatic carbocycles. The van der Waals surface area contributed by atoms with Gasteiger partial charge in [0.05, 0.1) is 21.8 Å². The molecule has 0 spiro atoms. The number of hydrogen-bond donors (Lipinski definition) is 0. The molecule has 0 aliphatic heterocycles. The van der Waals surface area contributed by atoms with Gasteiger partial charge >= 0.3 is 0 Å². The van der Waals surface area contributed by atoms with Crippen LogP contribution in [0.5, 0.6) is 0 Å². The summed E-state index contributed by atoms with van der Waals surface area (Å²) in [7, 11) is 0. The molecule has 0 aliphatic carbocycles. The average molecular weight is 236 g/mol. The van der Waals surface area contributed by atoms with Crippen molar-refractivity contribution in [3.63, 3.8) is 0 Å². The number of nitrogens with zero attached hydrogens (tertiary/aromatic N) is 2. The van der Waals surface area contributed by atoms with Crippen LogP contribution in [0.1, 0.15) is 0 Å². The van der Waals surface area contributed by atoms with Crippen LogP contribution in [-0.4, -0.2) is 9.03 Å². The fourth-order valence-electron chi connectivity index (χ4n) is 2.52. The van der Waals surface area contributed by atoms with Gasteiger partial charge in [-0.15, -0.1) is 0 Å². The van der Waals surface area contributed by atoms with Crippen LogP contribution >= 0.6 is 0 Å². The number of benzene rings is 2. The lowest BCUT2D eigenvalue weighted by Gasteiger charge is -1.88. The van der Waals surface area contributed by atoms with Gasteiger partial charge in [-0.25, -0.2) is 9.03 Å². The van der Waals surface area contributed by atoms with Gasteiger partial charge in [0.1, 0.15) is 0 Å². The fourth-order valence-corrected chi connectivity index (χ4v) is 2.52. The molecular weight excluding hydrogens is 228 g/mol. The van der Waals surface area contributed by atoms with Crippen LogP contribution < -0.4 is 11.1 Å². The van der Waals surface area contributed by atoms with E-state index in [9.17, 15) is 9.59 Å². The van der Waals surface area contributed by atoms with E-state index in [0.29, 0.717) is 21.8 Å². The first-order chi connectivity index (χ1) is 8.79. The Morgan fingerprint density at radius 2 is 1.00 bits per heavy atom. The molecule has 4 rings (SSSR count). The van der Waals surface area contributed by atoms with E-state index in [-0.39, 0.29) is 11.1 Å². The van der Waals surface area contributed by atoms with Gasteiger partial charge in [-0.05, 0) is 24.3 Å². The van der Waals surface area contributed by atoms with Crippen molar-refractivity contribution in [2.24, 2.45) is 0 Å². The maximum Gasteiger partial charge on any atom is 0.279 e. The first-order valence-corrected chi connectivity index (χ1v) is 5.66. The smallest absolute Gasteiger partial charge is 0.267 e. The van der Waals surface area contributed by atoms with Crippen LogP contribution in [0.15, 0.2) is 58.1 Å². The quantitative estimate of drug-likeness (QED) is 0.464. The summed E-state index contributed by atoms with van der Waals surface area (Å²) in [6, 6.07) is 14.3. The molecule has 0 saturated carbocycles. The zero-order valence-corrected chi connectivity index (χ0v) is 9.33. The average Bonchev–Trinajstić information content (AvgIpc) is 2.87. The van der Waals surface area contributed by atoms with Crippen LogP contribution in [0.3, 0.4) is 0 Å². The van der Waals surface area contributed by atoms with Crippen molar-refractivity contribution in [1.82, 2.24) is 9.03 Å². The molecule has 2 heterocycles. The standard InChI is InChI=1S/C14H8N2O2/c17-13-9-5-1-3-7-11(9)15-14(18)10-6-2-4-8-12(10)16(13)15/h1-8H. The van der Waals surface area contributed by atoms with Crippen molar-refractivity contribution in [3.8, 4) is 0 Å². The first-order valence-electron chi connectivity index (χ1n) is 5.66. The number of aromatic nitrogens is 2. The lowest BCUT2D eigenvalue weighted by Crippen LogP contribution is -2.13. The van der Waals surface area contributed by atoms with E-state index in [0.717, 1.165) is 0 Å². The Hall–Kier alpha value is -2.62. The van der Waals surface area contributed by atoms with Crippen LogP contribution in [0, 0.1) is 0 Å². The Morgan fingerprint density at radius 1 is 0.611 bits per heavy atom. The molecule has 4 nitrogen and oxygen atoms in total. The normalized spacial score (nSPS) is 11.8. The van der Waals surface area contributed by atoms with Gasteiger partial charge in [-0.3, -0.25) is 9.59 Å². The summed E-state index contributed by atoms with van der Waals surface area (Å²) < 4.78 is 2.89. The molecule has 86 valence electrons. The monoisotopic (exact) mass is 236 g/mol. The SMILES string of the molecule is O=c1c2ccccc2n2c(=O)c3ccccc3n12. The topological polar surface area (TPSA) is 43.0 Å². The van der Waals surface area contributed by atoms with Crippen molar-refractivity contribution >= 4 is 21.8 Å². The lowest BCUT2D eigenvalue weighted by molar-refractivity contribution is 0.851. The van der Waals surface area contributed by atoms with E-state index >= 15 is 0 Å². The van der Waals surface area contributed by atoms with Crippen molar-refractivity contribution in [1.29, 1.82) is 0 Å². The minimum Gasteiger partial charge on any atom is -0.267 e. The molecule has 0 aliphatic rings. The molecule has 0 fully saturated rings. The maximum atomic E-state index is 12.3. The third kappa shape index (κ3) is 0.913. The summed E-state index contributed by atoms with van der Waals surface area (Å²) in [4.78, 5) is 24.6. The van der Waals surface area contributed by atoms with Gasteiger partial charge in [0, 0.05) is 0 Å². The van der Waals surface area contributed by atoms with Crippen LogP contribution in [0.25, 0.3) is 21.8 Å². The highest BCUT2D eigenvalue weighted by Crippen LogP contribution is 2.14. The highest BCUT2D eigenvalue weighted by molar-refractivity contribution is 5.85. The second-order valence-corrected chi connectivity index (χ2v) is 4.27. The number of para-hydroxylation sites is 2. The van der Waals surface area contributed by atoms with E-state index in [4.69, 9.17) is 0 Å².